The van der Waals surface area contributed by atoms with E-state index in [0.717, 1.165) is 64.7 Å². The Balaban J connectivity index is 0.00000385. The van der Waals surface area contributed by atoms with Crippen LogP contribution in [0.2, 0.25) is 0 Å². The molecule has 3 rings (SSSR count). The summed E-state index contributed by atoms with van der Waals surface area (Å²) in [5.41, 5.74) is 1.02. The molecule has 1 atom stereocenters. The van der Waals surface area contributed by atoms with Crippen molar-refractivity contribution in [1.29, 1.82) is 0 Å². The second-order valence-corrected chi connectivity index (χ2v) is 8.62. The second kappa shape index (κ2) is 13.9. The molecule has 2 heterocycles. The van der Waals surface area contributed by atoms with Crippen LogP contribution in [0.15, 0.2) is 29.3 Å². The van der Waals surface area contributed by atoms with Crippen LogP contribution in [-0.2, 0) is 4.74 Å². The highest BCUT2D eigenvalue weighted by Crippen LogP contribution is 2.22. The number of halogens is 1. The predicted molar refractivity (Wildman–Crippen MR) is 141 cm³/mol. The molecule has 1 saturated heterocycles. The van der Waals surface area contributed by atoms with Crippen LogP contribution in [0.5, 0.6) is 0 Å². The third-order valence-corrected chi connectivity index (χ3v) is 6.04. The van der Waals surface area contributed by atoms with E-state index in [-0.39, 0.29) is 35.8 Å². The predicted octanol–water partition coefficient (Wildman–Crippen LogP) is 2.59. The van der Waals surface area contributed by atoms with Gasteiger partial charge >= 0.3 is 0 Å². The number of carbonyl (C=O) groups is 2. The molecule has 0 spiro atoms. The highest BCUT2D eigenvalue weighted by molar-refractivity contribution is 14.0. The van der Waals surface area contributed by atoms with Crippen LogP contribution < -0.4 is 10.6 Å². The lowest BCUT2D eigenvalue weighted by Gasteiger charge is -2.36. The maximum Gasteiger partial charge on any atom is 0.261 e. The van der Waals surface area contributed by atoms with Gasteiger partial charge in [-0.3, -0.25) is 24.4 Å². The summed E-state index contributed by atoms with van der Waals surface area (Å²) in [5.74, 6) is 0.958. The molecule has 9 heteroatoms. The van der Waals surface area contributed by atoms with Gasteiger partial charge in [-0.15, -0.1) is 24.0 Å². The number of fused-ring (bicyclic) bond motifs is 1. The van der Waals surface area contributed by atoms with Crippen LogP contribution in [0.3, 0.4) is 0 Å². The molecule has 0 saturated carbocycles. The molecule has 2 aliphatic heterocycles. The van der Waals surface area contributed by atoms with Crippen LogP contribution in [0.4, 0.5) is 0 Å². The molecule has 184 valence electrons. The Labute approximate surface area is 214 Å². The second-order valence-electron chi connectivity index (χ2n) is 8.62. The van der Waals surface area contributed by atoms with Gasteiger partial charge in [0, 0.05) is 38.8 Å². The van der Waals surface area contributed by atoms with Crippen molar-refractivity contribution in [3.8, 4) is 0 Å². The number of guanidine groups is 1. The van der Waals surface area contributed by atoms with E-state index in [2.05, 4.69) is 36.3 Å². The van der Waals surface area contributed by atoms with Crippen LogP contribution in [0.25, 0.3) is 0 Å². The quantitative estimate of drug-likeness (QED) is 0.148. The van der Waals surface area contributed by atoms with E-state index in [9.17, 15) is 9.59 Å². The van der Waals surface area contributed by atoms with E-state index in [4.69, 9.17) is 9.73 Å². The molecule has 1 aromatic carbocycles. The number of amides is 2. The van der Waals surface area contributed by atoms with Crippen LogP contribution >= 0.6 is 24.0 Å². The number of imide groups is 1. The third-order valence-electron chi connectivity index (χ3n) is 6.04. The van der Waals surface area contributed by atoms with Crippen molar-refractivity contribution in [1.82, 2.24) is 20.4 Å². The van der Waals surface area contributed by atoms with Gasteiger partial charge in [0.2, 0.25) is 0 Å². The summed E-state index contributed by atoms with van der Waals surface area (Å²) in [6.07, 6.45) is 1.59. The fourth-order valence-corrected chi connectivity index (χ4v) is 4.23. The zero-order chi connectivity index (χ0) is 22.9. The van der Waals surface area contributed by atoms with Gasteiger partial charge in [0.05, 0.1) is 30.9 Å². The number of unbranched alkanes of at least 4 members (excludes halogenated alkanes) is 1. The summed E-state index contributed by atoms with van der Waals surface area (Å²) in [7, 11) is 0. The SMILES string of the molecule is CCNC(=NCC(C(C)C)N1CCOCC1)NCCCCN1C(=O)c2ccccc2C1=O.I. The largest absolute Gasteiger partial charge is 0.379 e. The molecule has 8 nitrogen and oxygen atoms in total. The number of hydrogen-bond acceptors (Lipinski definition) is 5. The first-order valence-electron chi connectivity index (χ1n) is 11.8. The van der Waals surface area contributed by atoms with Crippen molar-refractivity contribution in [3.05, 3.63) is 35.4 Å². The van der Waals surface area contributed by atoms with Crippen LogP contribution in [-0.4, -0.2) is 86.1 Å². The highest BCUT2D eigenvalue weighted by Gasteiger charge is 2.34. The number of ether oxygens (including phenoxy) is 1. The standard InChI is InChI=1S/C24H37N5O3.HI/c1-4-25-24(27-17-21(18(2)3)28-13-15-32-16-14-28)26-11-7-8-12-29-22(30)19-9-5-6-10-20(19)23(29)31;/h5-6,9-10,18,21H,4,7-8,11-17H2,1-3H3,(H2,25,26,27);1H. The minimum atomic E-state index is -0.184. The van der Waals surface area contributed by atoms with Gasteiger partial charge in [-0.05, 0) is 37.8 Å². The molecule has 0 radical (unpaired) electrons. The topological polar surface area (TPSA) is 86.3 Å². The monoisotopic (exact) mass is 571 g/mol. The van der Waals surface area contributed by atoms with Crippen molar-refractivity contribution in [2.24, 2.45) is 10.9 Å². The number of morpholine rings is 1. The van der Waals surface area contributed by atoms with Crippen molar-refractivity contribution in [2.45, 2.75) is 39.7 Å². The smallest absolute Gasteiger partial charge is 0.261 e. The van der Waals surface area contributed by atoms with E-state index in [1.54, 1.807) is 24.3 Å². The van der Waals surface area contributed by atoms with Crippen LogP contribution in [0.1, 0.15) is 54.3 Å². The van der Waals surface area contributed by atoms with Crippen LogP contribution in [0, 0.1) is 5.92 Å². The number of benzene rings is 1. The zero-order valence-electron chi connectivity index (χ0n) is 20.0. The molecular weight excluding hydrogens is 533 g/mol. The zero-order valence-corrected chi connectivity index (χ0v) is 22.3. The first-order chi connectivity index (χ1) is 15.5. The van der Waals surface area contributed by atoms with E-state index in [0.29, 0.717) is 29.6 Å². The maximum absolute atomic E-state index is 12.4. The normalized spacial score (nSPS) is 17.7. The Bertz CT molecular complexity index is 776. The lowest BCUT2D eigenvalue weighted by Crippen LogP contribution is -2.48. The van der Waals surface area contributed by atoms with E-state index < -0.39 is 0 Å². The van der Waals surface area contributed by atoms with E-state index >= 15 is 0 Å². The number of hydrogen-bond donors (Lipinski definition) is 2. The van der Waals surface area contributed by atoms with Crippen molar-refractivity contribution in [2.75, 3.05) is 52.5 Å². The van der Waals surface area contributed by atoms with E-state index in [1.165, 1.54) is 4.90 Å². The Morgan fingerprint density at radius 1 is 1.06 bits per heavy atom. The summed E-state index contributed by atoms with van der Waals surface area (Å²) in [6, 6.07) is 7.42. The number of carbonyl (C=O) groups excluding carboxylic acids is 2. The fourth-order valence-electron chi connectivity index (χ4n) is 4.23. The van der Waals surface area contributed by atoms with Gasteiger partial charge in [-0.25, -0.2) is 0 Å². The number of aliphatic imine (C=N–C) groups is 1. The molecule has 2 N–H and O–H groups in total. The van der Waals surface area contributed by atoms with E-state index in [1.807, 2.05) is 0 Å². The van der Waals surface area contributed by atoms with Gasteiger partial charge < -0.3 is 15.4 Å². The maximum atomic E-state index is 12.4. The van der Waals surface area contributed by atoms with Gasteiger partial charge in [0.15, 0.2) is 5.96 Å². The average molecular weight is 572 g/mol. The molecule has 1 fully saturated rings. The summed E-state index contributed by atoms with van der Waals surface area (Å²) in [6.45, 7) is 12.8. The molecule has 1 aromatic rings. The molecule has 1 unspecified atom stereocenters. The third kappa shape index (κ3) is 7.38. The lowest BCUT2D eigenvalue weighted by atomic mass is 10.0. The molecule has 0 aromatic heterocycles. The molecular formula is C24H38IN5O3. The first-order valence-corrected chi connectivity index (χ1v) is 11.8. The van der Waals surface area contributed by atoms with Gasteiger partial charge in [-0.2, -0.15) is 0 Å². The Morgan fingerprint density at radius 3 is 2.27 bits per heavy atom. The number of rotatable bonds is 10. The summed E-state index contributed by atoms with van der Waals surface area (Å²) >= 11 is 0. The Morgan fingerprint density at radius 2 is 1.70 bits per heavy atom. The Hall–Kier alpha value is -1.72. The Kier molecular flexibility index (Phi) is 11.6. The molecule has 2 aliphatic rings. The summed E-state index contributed by atoms with van der Waals surface area (Å²) < 4.78 is 5.49. The first kappa shape index (κ1) is 27.5. The lowest BCUT2D eigenvalue weighted by molar-refractivity contribution is 0.00867. The molecule has 0 bridgehead atoms. The number of nitrogens with zero attached hydrogens (tertiary/aromatic N) is 3. The van der Waals surface area contributed by atoms with Gasteiger partial charge in [-0.1, -0.05) is 26.0 Å². The highest BCUT2D eigenvalue weighted by atomic mass is 127. The summed E-state index contributed by atoms with van der Waals surface area (Å²) in [4.78, 5) is 33.6. The van der Waals surface area contributed by atoms with Crippen molar-refractivity contribution in [3.63, 3.8) is 0 Å². The van der Waals surface area contributed by atoms with Crippen molar-refractivity contribution < 1.29 is 14.3 Å². The minimum absolute atomic E-state index is 0. The fraction of sp³-hybridized carbons (Fsp3) is 0.625. The summed E-state index contributed by atoms with van der Waals surface area (Å²) in [5, 5.41) is 6.71. The van der Waals surface area contributed by atoms with Gasteiger partial charge in [0.1, 0.15) is 0 Å². The molecule has 0 aliphatic carbocycles. The molecule has 2 amide bonds. The van der Waals surface area contributed by atoms with Gasteiger partial charge in [0.25, 0.3) is 11.8 Å². The average Bonchev–Trinajstić information content (AvgIpc) is 3.04. The minimum Gasteiger partial charge on any atom is -0.379 e. The molecule has 33 heavy (non-hydrogen) atoms. The van der Waals surface area contributed by atoms with Crippen molar-refractivity contribution >= 4 is 41.8 Å². The number of nitrogens with one attached hydrogen (secondary N) is 2.